The fraction of sp³-hybridized carbons (Fsp3) is 0.667. The smallest absolute Gasteiger partial charge is 0.0234 e. The zero-order valence-corrected chi connectivity index (χ0v) is 15.6. The molecule has 0 saturated carbocycles. The molecule has 0 radical (unpaired) electrons. The molecule has 5 heteroatoms. The van der Waals surface area contributed by atoms with Gasteiger partial charge < -0.3 is 10.2 Å². The van der Waals surface area contributed by atoms with Crippen molar-refractivity contribution in [2.75, 3.05) is 45.8 Å². The maximum absolute atomic E-state index is 3.53. The van der Waals surface area contributed by atoms with Crippen molar-refractivity contribution in [3.63, 3.8) is 0 Å². The fourth-order valence-electron chi connectivity index (χ4n) is 3.55. The predicted molar refractivity (Wildman–Crippen MR) is 103 cm³/mol. The van der Waals surface area contributed by atoms with Crippen LogP contribution < -0.4 is 5.32 Å². The minimum atomic E-state index is 0. The van der Waals surface area contributed by atoms with E-state index in [1.165, 1.54) is 70.6 Å². The molecule has 2 fully saturated rings. The molecule has 2 aliphatic heterocycles. The van der Waals surface area contributed by atoms with E-state index in [9.17, 15) is 0 Å². The first-order valence-corrected chi connectivity index (χ1v) is 8.59. The first-order valence-electron chi connectivity index (χ1n) is 8.59. The summed E-state index contributed by atoms with van der Waals surface area (Å²) in [6, 6.07) is 10.9. The fourth-order valence-corrected chi connectivity index (χ4v) is 3.55. The lowest BCUT2D eigenvalue weighted by Gasteiger charge is -2.35. The molecule has 2 aliphatic rings. The Bertz CT molecular complexity index is 402. The van der Waals surface area contributed by atoms with Crippen LogP contribution in [0.15, 0.2) is 30.3 Å². The molecule has 23 heavy (non-hydrogen) atoms. The van der Waals surface area contributed by atoms with Crippen molar-refractivity contribution in [2.45, 2.75) is 25.8 Å². The number of piperazine rings is 1. The van der Waals surface area contributed by atoms with Gasteiger partial charge in [-0.1, -0.05) is 30.3 Å². The Kier molecular flexibility index (Phi) is 10.2. The van der Waals surface area contributed by atoms with E-state index in [4.69, 9.17) is 0 Å². The highest BCUT2D eigenvalue weighted by Gasteiger charge is 2.19. The summed E-state index contributed by atoms with van der Waals surface area (Å²) in [7, 11) is 0. The van der Waals surface area contributed by atoms with Crippen LogP contribution in [-0.4, -0.2) is 55.6 Å². The molecule has 1 aromatic rings. The van der Waals surface area contributed by atoms with E-state index in [-0.39, 0.29) is 24.8 Å². The SMILES string of the molecule is Cl.Cl.c1ccc(CN2CCN(CCC3CCCNC3)CC2)cc1. The van der Waals surface area contributed by atoms with Gasteiger partial charge in [0.2, 0.25) is 0 Å². The lowest BCUT2D eigenvalue weighted by atomic mass is 9.96. The van der Waals surface area contributed by atoms with Crippen LogP contribution in [-0.2, 0) is 6.54 Å². The number of piperidine rings is 1. The number of nitrogens with zero attached hydrogens (tertiary/aromatic N) is 2. The molecule has 0 bridgehead atoms. The average Bonchev–Trinajstić information content (AvgIpc) is 2.56. The Balaban J connectivity index is 0.00000132. The molecule has 0 spiro atoms. The minimum Gasteiger partial charge on any atom is -0.316 e. The van der Waals surface area contributed by atoms with Gasteiger partial charge in [0.25, 0.3) is 0 Å². The van der Waals surface area contributed by atoms with Crippen LogP contribution in [0.3, 0.4) is 0 Å². The molecule has 2 saturated heterocycles. The highest BCUT2D eigenvalue weighted by Crippen LogP contribution is 2.15. The van der Waals surface area contributed by atoms with E-state index in [2.05, 4.69) is 45.4 Å². The van der Waals surface area contributed by atoms with Crippen LogP contribution in [0.5, 0.6) is 0 Å². The van der Waals surface area contributed by atoms with Gasteiger partial charge >= 0.3 is 0 Å². The van der Waals surface area contributed by atoms with Gasteiger partial charge in [0, 0.05) is 32.7 Å². The molecular formula is C18H31Cl2N3. The Hall–Kier alpha value is -0.320. The molecule has 1 atom stereocenters. The summed E-state index contributed by atoms with van der Waals surface area (Å²) in [5.74, 6) is 0.918. The van der Waals surface area contributed by atoms with Crippen molar-refractivity contribution in [3.05, 3.63) is 35.9 Å². The van der Waals surface area contributed by atoms with E-state index in [0.717, 1.165) is 12.5 Å². The highest BCUT2D eigenvalue weighted by atomic mass is 35.5. The van der Waals surface area contributed by atoms with E-state index in [1.807, 2.05) is 0 Å². The zero-order chi connectivity index (χ0) is 14.3. The Morgan fingerprint density at radius 2 is 1.65 bits per heavy atom. The summed E-state index contributed by atoms with van der Waals surface area (Å²) >= 11 is 0. The third-order valence-electron chi connectivity index (χ3n) is 4.97. The summed E-state index contributed by atoms with van der Waals surface area (Å²) < 4.78 is 0. The number of benzene rings is 1. The monoisotopic (exact) mass is 359 g/mol. The van der Waals surface area contributed by atoms with Gasteiger partial charge in [-0.15, -0.1) is 24.8 Å². The van der Waals surface area contributed by atoms with Crippen LogP contribution in [0.2, 0.25) is 0 Å². The lowest BCUT2D eigenvalue weighted by molar-refractivity contribution is 0.120. The van der Waals surface area contributed by atoms with Gasteiger partial charge in [-0.25, -0.2) is 0 Å². The van der Waals surface area contributed by atoms with Gasteiger partial charge in [0.1, 0.15) is 0 Å². The van der Waals surface area contributed by atoms with Crippen LogP contribution in [0.4, 0.5) is 0 Å². The third kappa shape index (κ3) is 6.98. The van der Waals surface area contributed by atoms with E-state index < -0.39 is 0 Å². The standard InChI is InChI=1S/C18H29N3.2ClH/c1-2-5-18(6-3-1)16-21-13-11-20(12-14-21)10-8-17-7-4-9-19-15-17;;/h1-3,5-6,17,19H,4,7-16H2;2*1H. The van der Waals surface area contributed by atoms with Gasteiger partial charge in [0.15, 0.2) is 0 Å². The second-order valence-corrected chi connectivity index (χ2v) is 6.60. The number of hydrogen-bond donors (Lipinski definition) is 1. The molecule has 0 aromatic heterocycles. The van der Waals surface area contributed by atoms with Crippen molar-refractivity contribution in [1.29, 1.82) is 0 Å². The van der Waals surface area contributed by atoms with Crippen LogP contribution >= 0.6 is 24.8 Å². The van der Waals surface area contributed by atoms with E-state index in [0.29, 0.717) is 0 Å². The van der Waals surface area contributed by atoms with Gasteiger partial charge in [-0.2, -0.15) is 0 Å². The summed E-state index contributed by atoms with van der Waals surface area (Å²) in [6.07, 6.45) is 4.18. The molecule has 1 N–H and O–H groups in total. The summed E-state index contributed by atoms with van der Waals surface area (Å²) in [4.78, 5) is 5.25. The average molecular weight is 360 g/mol. The van der Waals surface area contributed by atoms with Crippen molar-refractivity contribution in [3.8, 4) is 0 Å². The largest absolute Gasteiger partial charge is 0.316 e. The first kappa shape index (κ1) is 20.7. The lowest BCUT2D eigenvalue weighted by Crippen LogP contribution is -2.46. The second-order valence-electron chi connectivity index (χ2n) is 6.60. The van der Waals surface area contributed by atoms with Crippen LogP contribution in [0.1, 0.15) is 24.8 Å². The molecule has 2 heterocycles. The normalized spacial score (nSPS) is 22.9. The molecule has 0 amide bonds. The predicted octanol–water partition coefficient (Wildman–Crippen LogP) is 3.04. The van der Waals surface area contributed by atoms with Gasteiger partial charge in [-0.3, -0.25) is 4.90 Å². The number of halogens is 2. The van der Waals surface area contributed by atoms with E-state index >= 15 is 0 Å². The number of hydrogen-bond acceptors (Lipinski definition) is 3. The molecule has 3 rings (SSSR count). The van der Waals surface area contributed by atoms with Crippen LogP contribution in [0.25, 0.3) is 0 Å². The molecule has 1 unspecified atom stereocenters. The Morgan fingerprint density at radius 1 is 0.957 bits per heavy atom. The molecular weight excluding hydrogens is 329 g/mol. The number of rotatable bonds is 5. The summed E-state index contributed by atoms with van der Waals surface area (Å²) in [5, 5.41) is 3.53. The number of nitrogens with one attached hydrogen (secondary N) is 1. The van der Waals surface area contributed by atoms with Gasteiger partial charge in [0.05, 0.1) is 0 Å². The minimum absolute atomic E-state index is 0. The Labute approximate surface area is 153 Å². The topological polar surface area (TPSA) is 18.5 Å². The summed E-state index contributed by atoms with van der Waals surface area (Å²) in [5.41, 5.74) is 1.44. The molecule has 132 valence electrons. The maximum atomic E-state index is 3.53. The maximum Gasteiger partial charge on any atom is 0.0234 e. The third-order valence-corrected chi connectivity index (χ3v) is 4.97. The van der Waals surface area contributed by atoms with Crippen molar-refractivity contribution in [1.82, 2.24) is 15.1 Å². The highest BCUT2D eigenvalue weighted by molar-refractivity contribution is 5.85. The van der Waals surface area contributed by atoms with Crippen molar-refractivity contribution in [2.24, 2.45) is 5.92 Å². The van der Waals surface area contributed by atoms with Crippen molar-refractivity contribution < 1.29 is 0 Å². The van der Waals surface area contributed by atoms with Crippen LogP contribution in [0, 0.1) is 5.92 Å². The zero-order valence-electron chi connectivity index (χ0n) is 14.0. The summed E-state index contributed by atoms with van der Waals surface area (Å²) in [6.45, 7) is 9.81. The molecule has 1 aromatic carbocycles. The quantitative estimate of drug-likeness (QED) is 0.871. The van der Waals surface area contributed by atoms with Gasteiger partial charge in [-0.05, 0) is 50.4 Å². The Morgan fingerprint density at radius 3 is 2.30 bits per heavy atom. The van der Waals surface area contributed by atoms with E-state index in [1.54, 1.807) is 0 Å². The molecule has 3 nitrogen and oxygen atoms in total. The molecule has 0 aliphatic carbocycles. The first-order chi connectivity index (χ1) is 10.4. The van der Waals surface area contributed by atoms with Crippen molar-refractivity contribution >= 4 is 24.8 Å². The second kappa shape index (κ2) is 11.3.